The summed E-state index contributed by atoms with van der Waals surface area (Å²) in [5.74, 6) is -2.18. The highest BCUT2D eigenvalue weighted by atomic mass is 19.1. The van der Waals surface area contributed by atoms with Crippen LogP contribution in [0.15, 0.2) is 36.5 Å². The second-order valence-corrected chi connectivity index (χ2v) is 9.79. The minimum Gasteiger partial charge on any atom is -0.497 e. The van der Waals surface area contributed by atoms with Crippen LogP contribution >= 0.6 is 0 Å². The molecule has 0 saturated carbocycles. The van der Waals surface area contributed by atoms with Crippen molar-refractivity contribution in [3.8, 4) is 5.75 Å². The molecule has 3 aromatic rings. The Labute approximate surface area is 215 Å². The highest BCUT2D eigenvalue weighted by Gasteiger charge is 2.38. The molecule has 1 fully saturated rings. The van der Waals surface area contributed by atoms with E-state index in [2.05, 4.69) is 15.6 Å². The molecule has 9 heteroatoms. The summed E-state index contributed by atoms with van der Waals surface area (Å²) in [7, 11) is 1.64. The fourth-order valence-electron chi connectivity index (χ4n) is 5.51. The monoisotopic (exact) mass is 516 g/mol. The van der Waals surface area contributed by atoms with Crippen LogP contribution in [0.2, 0.25) is 0 Å². The van der Waals surface area contributed by atoms with E-state index in [-0.39, 0.29) is 17.6 Å². The lowest BCUT2D eigenvalue weighted by molar-refractivity contribution is -0.00989. The van der Waals surface area contributed by atoms with Crippen molar-refractivity contribution in [3.05, 3.63) is 65.1 Å². The van der Waals surface area contributed by atoms with E-state index < -0.39 is 23.6 Å². The number of piperidine rings is 1. The Balaban J connectivity index is 1.45. The van der Waals surface area contributed by atoms with Gasteiger partial charge in [-0.15, -0.1) is 0 Å². The molecule has 0 bridgehead atoms. The van der Waals surface area contributed by atoms with Crippen molar-refractivity contribution in [1.82, 2.24) is 10.3 Å². The summed E-state index contributed by atoms with van der Waals surface area (Å²) in [6, 6.07) is 7.11. The molecule has 6 nitrogen and oxygen atoms in total. The van der Waals surface area contributed by atoms with Crippen molar-refractivity contribution in [2.75, 3.05) is 32.1 Å². The first-order valence-corrected chi connectivity index (χ1v) is 12.8. The number of pyridine rings is 1. The Bertz CT molecular complexity index is 1190. The van der Waals surface area contributed by atoms with Crippen LogP contribution in [0.3, 0.4) is 0 Å². The van der Waals surface area contributed by atoms with Crippen LogP contribution in [0, 0.1) is 22.9 Å². The number of ether oxygens (including phenoxy) is 1. The number of rotatable bonds is 11. The highest BCUT2D eigenvalue weighted by Crippen LogP contribution is 2.40. The van der Waals surface area contributed by atoms with Gasteiger partial charge < -0.3 is 26.2 Å². The number of nitrogens with zero attached hydrogens (tertiary/aromatic N) is 1. The topological polar surface area (TPSA) is 92.4 Å². The first-order chi connectivity index (χ1) is 17.9. The predicted molar refractivity (Wildman–Crippen MR) is 139 cm³/mol. The summed E-state index contributed by atoms with van der Waals surface area (Å²) >= 11 is 0. The van der Waals surface area contributed by atoms with Gasteiger partial charge in [-0.1, -0.05) is 0 Å². The highest BCUT2D eigenvalue weighted by molar-refractivity contribution is 5.84. The summed E-state index contributed by atoms with van der Waals surface area (Å²) in [5, 5.41) is 18.3. The SMILES string of the molecule is COc1ccc2ncc(CN)c(CCCC3(C(O)CCNc4c(F)cc(F)cc4F)CCNCC3)c2c1. The molecular formula is C28H35F3N4O2. The maximum atomic E-state index is 14.0. The summed E-state index contributed by atoms with van der Waals surface area (Å²) in [6.07, 6.45) is 5.53. The van der Waals surface area contributed by atoms with Gasteiger partial charge in [-0.25, -0.2) is 13.2 Å². The maximum Gasteiger partial charge on any atom is 0.152 e. The van der Waals surface area contributed by atoms with Crippen LogP contribution in [-0.2, 0) is 13.0 Å². The Morgan fingerprint density at radius 2 is 1.89 bits per heavy atom. The fraction of sp³-hybridized carbons (Fsp3) is 0.464. The van der Waals surface area contributed by atoms with Crippen molar-refractivity contribution in [3.63, 3.8) is 0 Å². The molecule has 4 rings (SSSR count). The predicted octanol–water partition coefficient (Wildman–Crippen LogP) is 4.68. The number of nitrogens with one attached hydrogen (secondary N) is 2. The van der Waals surface area contributed by atoms with Gasteiger partial charge in [0.05, 0.1) is 18.7 Å². The standard InChI is InChI=1S/C28H35F3N4O2/c1-37-20-4-5-25-22(15-20)21(18(16-32)17-35-25)3-2-7-28(8-11-33-12-9-28)26(36)6-10-34-27-23(30)13-19(29)14-24(27)31/h4-5,13-15,17,26,33-34,36H,2-3,6-12,16,32H2,1H3. The Morgan fingerprint density at radius 3 is 2.57 bits per heavy atom. The van der Waals surface area contributed by atoms with Crippen LogP contribution in [0.25, 0.3) is 10.9 Å². The van der Waals surface area contributed by atoms with E-state index in [1.807, 2.05) is 24.4 Å². The van der Waals surface area contributed by atoms with Gasteiger partial charge in [-0.05, 0) is 86.4 Å². The van der Waals surface area contributed by atoms with E-state index in [0.717, 1.165) is 73.0 Å². The third-order valence-corrected chi connectivity index (χ3v) is 7.63. The average Bonchev–Trinajstić information content (AvgIpc) is 2.90. The largest absolute Gasteiger partial charge is 0.497 e. The first kappa shape index (κ1) is 27.2. The van der Waals surface area contributed by atoms with E-state index in [4.69, 9.17) is 10.5 Å². The van der Waals surface area contributed by atoms with Gasteiger partial charge in [0.1, 0.15) is 17.3 Å². The lowest BCUT2D eigenvalue weighted by atomic mass is 9.69. The van der Waals surface area contributed by atoms with Gasteiger partial charge in [0.2, 0.25) is 0 Å². The number of hydrogen-bond donors (Lipinski definition) is 4. The maximum absolute atomic E-state index is 14.0. The minimum atomic E-state index is -0.986. The summed E-state index contributed by atoms with van der Waals surface area (Å²) in [6.45, 7) is 2.15. The molecule has 0 aliphatic carbocycles. The van der Waals surface area contributed by atoms with Crippen molar-refractivity contribution in [1.29, 1.82) is 0 Å². The van der Waals surface area contributed by atoms with Crippen molar-refractivity contribution < 1.29 is 23.0 Å². The number of halogens is 3. The summed E-state index contributed by atoms with van der Waals surface area (Å²) < 4.78 is 46.6. The molecule has 5 N–H and O–H groups in total. The third-order valence-electron chi connectivity index (χ3n) is 7.63. The lowest BCUT2D eigenvalue weighted by Gasteiger charge is -2.42. The molecule has 1 aromatic heterocycles. The molecule has 37 heavy (non-hydrogen) atoms. The molecule has 1 atom stereocenters. The van der Waals surface area contributed by atoms with Crippen molar-refractivity contribution in [2.24, 2.45) is 11.1 Å². The molecule has 200 valence electrons. The smallest absolute Gasteiger partial charge is 0.152 e. The third kappa shape index (κ3) is 6.17. The second kappa shape index (κ2) is 12.1. The van der Waals surface area contributed by atoms with Crippen LogP contribution < -0.4 is 21.1 Å². The Morgan fingerprint density at radius 1 is 1.16 bits per heavy atom. The van der Waals surface area contributed by atoms with Crippen LogP contribution in [0.1, 0.15) is 43.2 Å². The quantitative estimate of drug-likeness (QED) is 0.296. The van der Waals surface area contributed by atoms with Gasteiger partial charge in [0.15, 0.2) is 11.6 Å². The van der Waals surface area contributed by atoms with Crippen LogP contribution in [-0.4, -0.2) is 42.9 Å². The summed E-state index contributed by atoms with van der Waals surface area (Å²) in [5.41, 5.74) is 8.38. The number of aliphatic hydroxyl groups is 1. The number of nitrogens with two attached hydrogens (primary N) is 1. The summed E-state index contributed by atoms with van der Waals surface area (Å²) in [4.78, 5) is 4.54. The van der Waals surface area contributed by atoms with Crippen molar-refractivity contribution >= 4 is 16.6 Å². The molecular weight excluding hydrogens is 481 g/mol. The van der Waals surface area contributed by atoms with Crippen LogP contribution in [0.4, 0.5) is 18.9 Å². The van der Waals surface area contributed by atoms with Crippen molar-refractivity contribution in [2.45, 2.75) is 51.2 Å². The number of fused-ring (bicyclic) bond motifs is 1. The first-order valence-electron chi connectivity index (χ1n) is 12.8. The number of aromatic nitrogens is 1. The zero-order valence-electron chi connectivity index (χ0n) is 21.1. The number of anilines is 1. The number of hydrogen-bond acceptors (Lipinski definition) is 6. The zero-order chi connectivity index (χ0) is 26.4. The van der Waals surface area contributed by atoms with E-state index in [1.54, 1.807) is 7.11 Å². The van der Waals surface area contributed by atoms with E-state index >= 15 is 0 Å². The fourth-order valence-corrected chi connectivity index (χ4v) is 5.51. The van der Waals surface area contributed by atoms with Gasteiger partial charge in [0.25, 0.3) is 0 Å². The Hall–Kier alpha value is -2.88. The average molecular weight is 517 g/mol. The van der Waals surface area contributed by atoms with Gasteiger partial charge in [0, 0.05) is 36.8 Å². The van der Waals surface area contributed by atoms with E-state index in [0.29, 0.717) is 25.1 Å². The molecule has 0 radical (unpaired) electrons. The molecule has 0 amide bonds. The lowest BCUT2D eigenvalue weighted by Crippen LogP contribution is -2.45. The van der Waals surface area contributed by atoms with E-state index in [1.165, 1.54) is 0 Å². The number of methoxy groups -OCH3 is 1. The van der Waals surface area contributed by atoms with Gasteiger partial charge in [-0.2, -0.15) is 0 Å². The molecule has 1 aliphatic rings. The molecule has 1 unspecified atom stereocenters. The number of aryl methyl sites for hydroxylation is 1. The normalized spacial score (nSPS) is 16.1. The van der Waals surface area contributed by atoms with Gasteiger partial charge >= 0.3 is 0 Å². The number of aliphatic hydroxyl groups excluding tert-OH is 1. The minimum absolute atomic E-state index is 0.169. The Kier molecular flexibility index (Phi) is 8.89. The van der Waals surface area contributed by atoms with E-state index in [9.17, 15) is 18.3 Å². The molecule has 1 saturated heterocycles. The molecule has 1 aliphatic heterocycles. The molecule has 2 aromatic carbocycles. The number of benzene rings is 2. The van der Waals surface area contributed by atoms with Gasteiger partial charge in [-0.3, -0.25) is 4.98 Å². The second-order valence-electron chi connectivity index (χ2n) is 9.79. The zero-order valence-corrected chi connectivity index (χ0v) is 21.1. The molecule has 0 spiro atoms. The van der Waals surface area contributed by atoms with Crippen LogP contribution in [0.5, 0.6) is 5.75 Å². The molecule has 2 heterocycles.